The van der Waals surface area contributed by atoms with Crippen molar-refractivity contribution in [1.82, 2.24) is 9.88 Å². The molecule has 1 saturated heterocycles. The molecule has 2 atom stereocenters. The number of likely N-dealkylation sites (tertiary alicyclic amines) is 1. The van der Waals surface area contributed by atoms with E-state index in [9.17, 15) is 14.9 Å². The van der Waals surface area contributed by atoms with E-state index >= 15 is 0 Å². The van der Waals surface area contributed by atoms with E-state index in [2.05, 4.69) is 4.98 Å². The van der Waals surface area contributed by atoms with Crippen LogP contribution in [0.25, 0.3) is 0 Å². The van der Waals surface area contributed by atoms with Crippen LogP contribution in [0.5, 0.6) is 0 Å². The Morgan fingerprint density at radius 3 is 2.89 bits per heavy atom. The molecule has 0 spiro atoms. The molecule has 0 aromatic carbocycles. The van der Waals surface area contributed by atoms with Gasteiger partial charge in [0, 0.05) is 18.7 Å². The predicted octanol–water partition coefficient (Wildman–Crippen LogP) is 1.20. The first-order valence-corrected chi connectivity index (χ1v) is 6.27. The number of fused-ring (bicyclic) bond motifs is 2. The average molecular weight is 262 g/mol. The quantitative estimate of drug-likeness (QED) is 0.637. The molecule has 2 unspecified atom stereocenters. The fraction of sp³-hybridized carbons (Fsp3) is 0.500. The average Bonchev–Trinajstić information content (AvgIpc) is 3.00. The zero-order valence-corrected chi connectivity index (χ0v) is 10.3. The van der Waals surface area contributed by atoms with E-state index in [1.807, 2.05) is 0 Å². The maximum atomic E-state index is 12.4. The van der Waals surface area contributed by atoms with Crippen molar-refractivity contribution < 1.29 is 9.72 Å². The Morgan fingerprint density at radius 2 is 2.32 bits per heavy atom. The molecule has 2 bridgehead atoms. The van der Waals surface area contributed by atoms with Gasteiger partial charge in [0.2, 0.25) is 0 Å². The largest absolute Gasteiger partial charge is 0.383 e. The van der Waals surface area contributed by atoms with Crippen LogP contribution in [0.2, 0.25) is 0 Å². The van der Waals surface area contributed by atoms with Crippen LogP contribution in [-0.4, -0.2) is 33.3 Å². The van der Waals surface area contributed by atoms with Crippen LogP contribution in [0.3, 0.4) is 0 Å². The zero-order chi connectivity index (χ0) is 13.6. The molecule has 2 fully saturated rings. The lowest BCUT2D eigenvalue weighted by atomic mass is 10.1. The minimum atomic E-state index is -0.570. The Kier molecular flexibility index (Phi) is 2.62. The molecule has 2 heterocycles. The summed E-state index contributed by atoms with van der Waals surface area (Å²) in [5, 5.41) is 10.7. The van der Waals surface area contributed by atoms with E-state index in [0.717, 1.165) is 32.0 Å². The van der Waals surface area contributed by atoms with Crippen molar-refractivity contribution in [2.75, 3.05) is 12.3 Å². The molecule has 7 nitrogen and oxygen atoms in total. The van der Waals surface area contributed by atoms with Crippen LogP contribution in [0.15, 0.2) is 12.3 Å². The lowest BCUT2D eigenvalue weighted by Gasteiger charge is -2.27. The van der Waals surface area contributed by atoms with Crippen molar-refractivity contribution >= 4 is 17.4 Å². The summed E-state index contributed by atoms with van der Waals surface area (Å²) in [4.78, 5) is 28.1. The van der Waals surface area contributed by atoms with Gasteiger partial charge in [-0.3, -0.25) is 14.9 Å². The standard InChI is InChI=1S/C12H14N4O3/c13-11-10(4-9(5-14-11)16(18)19)12(17)15-6-7-1-2-8(15)3-7/h4-5,7-8H,1-3,6H2,(H2,13,14). The summed E-state index contributed by atoms with van der Waals surface area (Å²) in [6.07, 6.45) is 4.28. The summed E-state index contributed by atoms with van der Waals surface area (Å²) in [5.41, 5.74) is 5.61. The third-order valence-electron chi connectivity index (χ3n) is 4.02. The summed E-state index contributed by atoms with van der Waals surface area (Å²) in [7, 11) is 0. The Bertz CT molecular complexity index is 560. The molecule has 19 heavy (non-hydrogen) atoms. The van der Waals surface area contributed by atoms with Gasteiger partial charge in [0.05, 0.1) is 10.5 Å². The number of piperidine rings is 1. The van der Waals surface area contributed by atoms with E-state index in [4.69, 9.17) is 5.73 Å². The van der Waals surface area contributed by atoms with E-state index in [1.54, 1.807) is 4.90 Å². The predicted molar refractivity (Wildman–Crippen MR) is 67.5 cm³/mol. The van der Waals surface area contributed by atoms with Gasteiger partial charge in [-0.15, -0.1) is 0 Å². The summed E-state index contributed by atoms with van der Waals surface area (Å²) < 4.78 is 0. The molecule has 1 aromatic rings. The lowest BCUT2D eigenvalue weighted by Crippen LogP contribution is -2.38. The van der Waals surface area contributed by atoms with Crippen molar-refractivity contribution in [1.29, 1.82) is 0 Å². The van der Waals surface area contributed by atoms with E-state index in [1.165, 1.54) is 6.07 Å². The molecule has 7 heteroatoms. The van der Waals surface area contributed by atoms with Gasteiger partial charge in [-0.25, -0.2) is 4.98 Å². The highest BCUT2D eigenvalue weighted by Gasteiger charge is 2.41. The van der Waals surface area contributed by atoms with Crippen LogP contribution in [-0.2, 0) is 0 Å². The molecule has 1 amide bonds. The number of hydrogen-bond donors (Lipinski definition) is 1. The maximum absolute atomic E-state index is 12.4. The third-order valence-corrected chi connectivity index (χ3v) is 4.02. The number of carbonyl (C=O) groups is 1. The first-order valence-electron chi connectivity index (χ1n) is 6.27. The van der Waals surface area contributed by atoms with E-state index < -0.39 is 4.92 Å². The van der Waals surface area contributed by atoms with Crippen molar-refractivity contribution in [3.63, 3.8) is 0 Å². The van der Waals surface area contributed by atoms with Crippen LogP contribution < -0.4 is 5.73 Å². The second kappa shape index (κ2) is 4.18. The number of amides is 1. The van der Waals surface area contributed by atoms with Crippen LogP contribution >= 0.6 is 0 Å². The van der Waals surface area contributed by atoms with Crippen LogP contribution in [0.1, 0.15) is 29.6 Å². The smallest absolute Gasteiger partial charge is 0.288 e. The van der Waals surface area contributed by atoms with Crippen molar-refractivity contribution in [2.45, 2.75) is 25.3 Å². The Labute approximate surface area is 109 Å². The zero-order valence-electron chi connectivity index (χ0n) is 10.3. The highest BCUT2D eigenvalue weighted by molar-refractivity contribution is 5.99. The van der Waals surface area contributed by atoms with Gasteiger partial charge in [-0.1, -0.05) is 0 Å². The molecule has 3 rings (SSSR count). The highest BCUT2D eigenvalue weighted by Crippen LogP contribution is 2.38. The summed E-state index contributed by atoms with van der Waals surface area (Å²) in [6.45, 7) is 0.728. The van der Waals surface area contributed by atoms with E-state index in [-0.39, 0.29) is 29.0 Å². The monoisotopic (exact) mass is 262 g/mol. The van der Waals surface area contributed by atoms with Crippen molar-refractivity contribution in [3.05, 3.63) is 27.9 Å². The van der Waals surface area contributed by atoms with Crippen molar-refractivity contribution in [3.8, 4) is 0 Å². The summed E-state index contributed by atoms with van der Waals surface area (Å²) in [6, 6.07) is 1.48. The van der Waals surface area contributed by atoms with Gasteiger partial charge in [0.25, 0.3) is 11.6 Å². The third kappa shape index (κ3) is 1.91. The lowest BCUT2D eigenvalue weighted by molar-refractivity contribution is -0.385. The first kappa shape index (κ1) is 11.9. The van der Waals surface area contributed by atoms with Gasteiger partial charge in [0.15, 0.2) is 0 Å². The van der Waals surface area contributed by atoms with E-state index in [0.29, 0.717) is 5.92 Å². The molecule has 1 aromatic heterocycles. The molecule has 1 aliphatic carbocycles. The topological polar surface area (TPSA) is 102 Å². The molecule has 1 aliphatic heterocycles. The number of nitrogens with zero attached hydrogens (tertiary/aromatic N) is 3. The Morgan fingerprint density at radius 1 is 1.53 bits per heavy atom. The van der Waals surface area contributed by atoms with Crippen LogP contribution in [0, 0.1) is 16.0 Å². The molecular weight excluding hydrogens is 248 g/mol. The fourth-order valence-corrected chi connectivity index (χ4v) is 3.06. The number of aromatic nitrogens is 1. The minimum absolute atomic E-state index is 0.0540. The highest BCUT2D eigenvalue weighted by atomic mass is 16.6. The Hall–Kier alpha value is -2.18. The number of nitrogen functional groups attached to an aromatic ring is 1. The second-order valence-electron chi connectivity index (χ2n) is 5.17. The number of nitrogens with two attached hydrogens (primary N) is 1. The summed E-state index contributed by atoms with van der Waals surface area (Å²) >= 11 is 0. The number of carbonyl (C=O) groups excluding carboxylic acids is 1. The van der Waals surface area contributed by atoms with Gasteiger partial charge >= 0.3 is 0 Å². The number of rotatable bonds is 2. The molecule has 2 aliphatic rings. The molecule has 2 N–H and O–H groups in total. The minimum Gasteiger partial charge on any atom is -0.383 e. The van der Waals surface area contributed by atoms with Gasteiger partial charge in [-0.2, -0.15) is 0 Å². The molecular formula is C12H14N4O3. The number of pyridine rings is 1. The van der Waals surface area contributed by atoms with Crippen molar-refractivity contribution in [2.24, 2.45) is 5.92 Å². The van der Waals surface area contributed by atoms with Gasteiger partial charge < -0.3 is 10.6 Å². The molecule has 100 valence electrons. The number of nitro groups is 1. The maximum Gasteiger partial charge on any atom is 0.288 e. The first-order chi connectivity index (χ1) is 9.06. The molecule has 0 radical (unpaired) electrons. The number of hydrogen-bond acceptors (Lipinski definition) is 5. The normalized spacial score (nSPS) is 24.7. The van der Waals surface area contributed by atoms with Crippen LogP contribution in [0.4, 0.5) is 11.5 Å². The second-order valence-corrected chi connectivity index (χ2v) is 5.17. The fourth-order valence-electron chi connectivity index (χ4n) is 3.06. The van der Waals surface area contributed by atoms with Gasteiger partial charge in [-0.05, 0) is 25.2 Å². The van der Waals surface area contributed by atoms with Gasteiger partial charge in [0.1, 0.15) is 12.0 Å². The summed E-state index contributed by atoms with van der Waals surface area (Å²) in [5.74, 6) is 0.390. The Balaban J connectivity index is 1.91. The number of anilines is 1. The molecule has 1 saturated carbocycles. The SMILES string of the molecule is Nc1ncc([N+](=O)[O-])cc1C(=O)N1CC2CCC1C2.